The summed E-state index contributed by atoms with van der Waals surface area (Å²) >= 11 is 0. The lowest BCUT2D eigenvalue weighted by molar-refractivity contribution is 0.0555. The molecule has 1 aromatic carbocycles. The van der Waals surface area contributed by atoms with Crippen LogP contribution in [0.3, 0.4) is 0 Å². The van der Waals surface area contributed by atoms with E-state index in [1.165, 1.54) is 42.4 Å². The van der Waals surface area contributed by atoms with E-state index < -0.39 is 0 Å². The van der Waals surface area contributed by atoms with Crippen LogP contribution >= 0.6 is 0 Å². The van der Waals surface area contributed by atoms with Gasteiger partial charge in [0, 0.05) is 18.1 Å². The maximum Gasteiger partial charge on any atom is 0.258 e. The van der Waals surface area contributed by atoms with Crippen molar-refractivity contribution in [2.75, 3.05) is 19.6 Å². The molecule has 0 radical (unpaired) electrons. The topological polar surface area (TPSA) is 25.2 Å². The number of fused-ring (bicyclic) bond motifs is 4. The zero-order valence-corrected chi connectivity index (χ0v) is 14.9. The van der Waals surface area contributed by atoms with Crippen molar-refractivity contribution >= 4 is 10.8 Å². The molecule has 1 aromatic heterocycles. The second-order valence-corrected chi connectivity index (χ2v) is 7.52. The Morgan fingerprint density at radius 2 is 1.92 bits per heavy atom. The van der Waals surface area contributed by atoms with Crippen LogP contribution in [0.5, 0.6) is 0 Å². The van der Waals surface area contributed by atoms with E-state index in [2.05, 4.69) is 41.6 Å². The van der Waals surface area contributed by atoms with Crippen LogP contribution in [0.25, 0.3) is 10.8 Å². The van der Waals surface area contributed by atoms with Gasteiger partial charge in [-0.15, -0.1) is 0 Å². The Kier molecular flexibility index (Phi) is 4.21. The van der Waals surface area contributed by atoms with Crippen molar-refractivity contribution in [2.45, 2.75) is 52.0 Å². The van der Waals surface area contributed by atoms with Crippen molar-refractivity contribution < 1.29 is 0 Å². The summed E-state index contributed by atoms with van der Waals surface area (Å²) in [6.07, 6.45) is 7.85. The number of aryl methyl sites for hydroxylation is 2. The summed E-state index contributed by atoms with van der Waals surface area (Å²) in [4.78, 5) is 15.8. The molecule has 4 heterocycles. The molecular formula is C21H28N2O. The lowest BCUT2D eigenvalue weighted by atomic mass is 9.83. The summed E-state index contributed by atoms with van der Waals surface area (Å²) in [7, 11) is 0. The Labute approximate surface area is 144 Å². The van der Waals surface area contributed by atoms with Crippen LogP contribution in [0.4, 0.5) is 0 Å². The predicted molar refractivity (Wildman–Crippen MR) is 99.8 cm³/mol. The molecule has 5 rings (SSSR count). The Morgan fingerprint density at radius 1 is 1.12 bits per heavy atom. The van der Waals surface area contributed by atoms with Crippen molar-refractivity contribution in [3.8, 4) is 0 Å². The number of piperidine rings is 3. The first kappa shape index (κ1) is 15.9. The third-order valence-electron chi connectivity index (χ3n) is 6.11. The van der Waals surface area contributed by atoms with Gasteiger partial charge in [0.25, 0.3) is 5.56 Å². The Morgan fingerprint density at radius 3 is 2.54 bits per heavy atom. The second-order valence-electron chi connectivity index (χ2n) is 7.52. The predicted octanol–water partition coefficient (Wildman–Crippen LogP) is 3.78. The normalized spacial score (nSPS) is 26.2. The molecule has 3 nitrogen and oxygen atoms in total. The van der Waals surface area contributed by atoms with Crippen LogP contribution in [0.2, 0.25) is 0 Å². The molecular weight excluding hydrogens is 296 g/mol. The van der Waals surface area contributed by atoms with E-state index in [1.54, 1.807) is 0 Å². The maximum absolute atomic E-state index is 13.3. The number of hydrogen-bond acceptors (Lipinski definition) is 2. The Bertz CT molecular complexity index is 799. The number of nitrogens with zero attached hydrogens (tertiary/aromatic N) is 2. The van der Waals surface area contributed by atoms with Crippen molar-refractivity contribution in [3.63, 3.8) is 0 Å². The number of aromatic nitrogens is 1. The van der Waals surface area contributed by atoms with Crippen molar-refractivity contribution in [1.82, 2.24) is 9.47 Å². The van der Waals surface area contributed by atoms with Gasteiger partial charge in [0.1, 0.15) is 0 Å². The van der Waals surface area contributed by atoms with Crippen LogP contribution in [-0.2, 0) is 12.8 Å². The van der Waals surface area contributed by atoms with Gasteiger partial charge in [-0.25, -0.2) is 0 Å². The van der Waals surface area contributed by atoms with E-state index in [0.29, 0.717) is 12.0 Å². The molecule has 3 aliphatic rings. The van der Waals surface area contributed by atoms with E-state index in [0.717, 1.165) is 31.2 Å². The van der Waals surface area contributed by atoms with E-state index in [4.69, 9.17) is 0 Å². The summed E-state index contributed by atoms with van der Waals surface area (Å²) in [5.74, 6) is 0.675. The molecule has 128 valence electrons. The largest absolute Gasteiger partial charge is 0.310 e. The minimum absolute atomic E-state index is 0.221. The molecule has 0 aliphatic carbocycles. The van der Waals surface area contributed by atoms with Crippen molar-refractivity contribution in [1.29, 1.82) is 0 Å². The van der Waals surface area contributed by atoms with Gasteiger partial charge in [-0.1, -0.05) is 32.4 Å². The SMILES string of the molecule is CCCc1cn(C2CN3CCC2CC3)c(=O)c2cccc(CC)c12. The molecule has 0 N–H and O–H groups in total. The van der Waals surface area contributed by atoms with E-state index >= 15 is 0 Å². The van der Waals surface area contributed by atoms with Crippen LogP contribution in [0.15, 0.2) is 29.2 Å². The summed E-state index contributed by atoms with van der Waals surface area (Å²) in [5.41, 5.74) is 2.90. The van der Waals surface area contributed by atoms with Gasteiger partial charge < -0.3 is 9.47 Å². The summed E-state index contributed by atoms with van der Waals surface area (Å²) in [6.45, 7) is 7.89. The van der Waals surface area contributed by atoms with Crippen LogP contribution in [-0.4, -0.2) is 29.1 Å². The van der Waals surface area contributed by atoms with Crippen molar-refractivity contribution in [3.05, 3.63) is 45.9 Å². The third kappa shape index (κ3) is 2.50. The molecule has 3 heteroatoms. The van der Waals surface area contributed by atoms with Crippen LogP contribution < -0.4 is 5.56 Å². The molecule has 2 aromatic rings. The molecule has 1 atom stereocenters. The molecule has 0 spiro atoms. The number of rotatable bonds is 4. The number of hydrogen-bond donors (Lipinski definition) is 0. The molecule has 0 amide bonds. The molecule has 0 saturated carbocycles. The molecule has 24 heavy (non-hydrogen) atoms. The first-order valence-corrected chi connectivity index (χ1v) is 9.60. The van der Waals surface area contributed by atoms with Gasteiger partial charge in [-0.3, -0.25) is 4.79 Å². The third-order valence-corrected chi connectivity index (χ3v) is 6.11. The highest BCUT2D eigenvalue weighted by Gasteiger charge is 2.35. The lowest BCUT2D eigenvalue weighted by Crippen LogP contribution is -2.50. The monoisotopic (exact) mass is 324 g/mol. The van der Waals surface area contributed by atoms with Crippen LogP contribution in [0, 0.1) is 5.92 Å². The highest BCUT2D eigenvalue weighted by molar-refractivity contribution is 5.88. The zero-order valence-electron chi connectivity index (χ0n) is 14.9. The molecule has 2 bridgehead atoms. The van der Waals surface area contributed by atoms with E-state index in [9.17, 15) is 4.79 Å². The van der Waals surface area contributed by atoms with Gasteiger partial charge in [0.2, 0.25) is 0 Å². The number of benzene rings is 1. The summed E-state index contributed by atoms with van der Waals surface area (Å²) in [6, 6.07) is 6.64. The average molecular weight is 324 g/mol. The zero-order chi connectivity index (χ0) is 16.7. The quantitative estimate of drug-likeness (QED) is 0.855. The fraction of sp³-hybridized carbons (Fsp3) is 0.571. The fourth-order valence-electron chi connectivity index (χ4n) is 4.84. The minimum atomic E-state index is 0.221. The second kappa shape index (κ2) is 6.36. The molecule has 3 aliphatic heterocycles. The maximum atomic E-state index is 13.3. The lowest BCUT2D eigenvalue weighted by Gasteiger charge is -2.45. The molecule has 3 fully saturated rings. The van der Waals surface area contributed by atoms with Gasteiger partial charge in [-0.05, 0) is 67.3 Å². The highest BCUT2D eigenvalue weighted by atomic mass is 16.1. The molecule has 3 saturated heterocycles. The van der Waals surface area contributed by atoms with Gasteiger partial charge in [0.15, 0.2) is 0 Å². The summed E-state index contributed by atoms with van der Waals surface area (Å²) < 4.78 is 2.10. The van der Waals surface area contributed by atoms with Crippen molar-refractivity contribution in [2.24, 2.45) is 5.92 Å². The van der Waals surface area contributed by atoms with Gasteiger partial charge in [-0.2, -0.15) is 0 Å². The van der Waals surface area contributed by atoms with E-state index in [-0.39, 0.29) is 5.56 Å². The number of pyridine rings is 1. The smallest absolute Gasteiger partial charge is 0.258 e. The fourth-order valence-corrected chi connectivity index (χ4v) is 4.84. The van der Waals surface area contributed by atoms with Gasteiger partial charge in [0.05, 0.1) is 6.04 Å². The Balaban J connectivity index is 1.91. The first-order valence-electron chi connectivity index (χ1n) is 9.60. The van der Waals surface area contributed by atoms with E-state index in [1.807, 2.05) is 6.07 Å². The minimum Gasteiger partial charge on any atom is -0.310 e. The summed E-state index contributed by atoms with van der Waals surface area (Å²) in [5, 5.41) is 2.15. The average Bonchev–Trinajstić information content (AvgIpc) is 2.64. The standard InChI is InChI=1S/C21H28N2O/c1-3-6-17-13-23(19-14-22-11-9-16(19)10-12-22)21(24)18-8-5-7-15(4-2)20(17)18/h5,7-8,13,16,19H,3-4,6,9-12,14H2,1-2H3. The molecule has 1 unspecified atom stereocenters. The Hall–Kier alpha value is -1.61. The first-order chi connectivity index (χ1) is 11.7. The van der Waals surface area contributed by atoms with Gasteiger partial charge >= 0.3 is 0 Å². The highest BCUT2D eigenvalue weighted by Crippen LogP contribution is 2.35. The van der Waals surface area contributed by atoms with Crippen LogP contribution in [0.1, 0.15) is 50.3 Å².